The largest absolute Gasteiger partial charge is 0.409 e. The average molecular weight is 404 g/mol. The summed E-state index contributed by atoms with van der Waals surface area (Å²) in [5.41, 5.74) is 3.24. The molecule has 0 bridgehead atoms. The van der Waals surface area contributed by atoms with Gasteiger partial charge in [-0.2, -0.15) is 13.2 Å². The molecule has 0 amide bonds. The summed E-state index contributed by atoms with van der Waals surface area (Å²) in [6.45, 7) is 3.88. The molecule has 1 heterocycles. The minimum Gasteiger partial charge on any atom is -0.219 e. The van der Waals surface area contributed by atoms with Crippen LogP contribution >= 0.6 is 35.1 Å². The zero-order valence-corrected chi connectivity index (χ0v) is 15.7. The maximum Gasteiger partial charge on any atom is 0.409 e. The van der Waals surface area contributed by atoms with Gasteiger partial charge in [-0.1, -0.05) is 35.3 Å². The molecule has 0 saturated heterocycles. The van der Waals surface area contributed by atoms with E-state index in [-0.39, 0.29) is 22.0 Å². The molecule has 132 valence electrons. The van der Waals surface area contributed by atoms with Crippen LogP contribution in [0.1, 0.15) is 28.7 Å². The minimum absolute atomic E-state index is 0.0186. The van der Waals surface area contributed by atoms with E-state index in [0.29, 0.717) is 23.2 Å². The fraction of sp³-hybridized carbons (Fsp3) is 0.278. The molecule has 2 aromatic carbocycles. The molecule has 1 atom stereocenters. The highest BCUT2D eigenvalue weighted by molar-refractivity contribution is 7.99. The van der Waals surface area contributed by atoms with Crippen molar-refractivity contribution < 1.29 is 13.2 Å². The van der Waals surface area contributed by atoms with Crippen molar-refractivity contribution >= 4 is 40.9 Å². The van der Waals surface area contributed by atoms with Crippen molar-refractivity contribution in [1.82, 2.24) is 0 Å². The first kappa shape index (κ1) is 18.6. The minimum atomic E-state index is -4.50. The Morgan fingerprint density at radius 2 is 1.64 bits per heavy atom. The predicted octanol–water partition coefficient (Wildman–Crippen LogP) is 6.91. The fourth-order valence-corrected chi connectivity index (χ4v) is 4.26. The second-order valence-electron chi connectivity index (χ2n) is 6.09. The maximum absolute atomic E-state index is 14.0. The van der Waals surface area contributed by atoms with E-state index >= 15 is 0 Å². The lowest BCUT2D eigenvalue weighted by atomic mass is 9.89. The Bertz CT molecular complexity index is 844. The average Bonchev–Trinajstić information content (AvgIpc) is 2.95. The molecule has 1 aliphatic heterocycles. The van der Waals surface area contributed by atoms with Gasteiger partial charge in [0.2, 0.25) is 0 Å². The lowest BCUT2D eigenvalue weighted by Crippen LogP contribution is -2.38. The van der Waals surface area contributed by atoms with E-state index < -0.39 is 10.9 Å². The maximum atomic E-state index is 14.0. The first-order valence-electron chi connectivity index (χ1n) is 7.48. The van der Waals surface area contributed by atoms with Gasteiger partial charge in [0.1, 0.15) is 0 Å². The number of benzene rings is 2. The van der Waals surface area contributed by atoms with Gasteiger partial charge in [0.15, 0.2) is 4.75 Å². The summed E-state index contributed by atoms with van der Waals surface area (Å²) in [6.07, 6.45) is -4.77. The highest BCUT2D eigenvalue weighted by Crippen LogP contribution is 2.57. The van der Waals surface area contributed by atoms with Crippen LogP contribution in [0, 0.1) is 13.8 Å². The molecule has 0 aromatic heterocycles. The molecule has 0 N–H and O–H groups in total. The number of nitrogens with zero attached hydrogens (tertiary/aromatic N) is 1. The van der Waals surface area contributed by atoms with Gasteiger partial charge in [-0.25, -0.2) is 4.40 Å². The van der Waals surface area contributed by atoms with Crippen LogP contribution < -0.4 is 0 Å². The third kappa shape index (κ3) is 3.42. The van der Waals surface area contributed by atoms with Gasteiger partial charge in [-0.15, -0.1) is 0 Å². The van der Waals surface area contributed by atoms with Crippen molar-refractivity contribution in [2.24, 2.45) is 4.40 Å². The quantitative estimate of drug-likeness (QED) is 0.496. The van der Waals surface area contributed by atoms with E-state index in [4.69, 9.17) is 23.2 Å². The van der Waals surface area contributed by atoms with Gasteiger partial charge in [-0.3, -0.25) is 0 Å². The van der Waals surface area contributed by atoms with Crippen LogP contribution in [-0.4, -0.2) is 11.9 Å². The lowest BCUT2D eigenvalue weighted by molar-refractivity contribution is -0.159. The Morgan fingerprint density at radius 1 is 1.00 bits per heavy atom. The van der Waals surface area contributed by atoms with Crippen LogP contribution in [0.4, 0.5) is 13.2 Å². The first-order valence-corrected chi connectivity index (χ1v) is 9.01. The zero-order chi connectivity index (χ0) is 18.4. The topological polar surface area (TPSA) is 12.4 Å². The van der Waals surface area contributed by atoms with Crippen LogP contribution in [0.25, 0.3) is 0 Å². The van der Waals surface area contributed by atoms with Crippen molar-refractivity contribution in [3.8, 4) is 0 Å². The van der Waals surface area contributed by atoms with Gasteiger partial charge >= 0.3 is 6.18 Å². The Kier molecular flexibility index (Phi) is 4.86. The molecule has 0 aliphatic carbocycles. The van der Waals surface area contributed by atoms with Gasteiger partial charge < -0.3 is 0 Å². The summed E-state index contributed by atoms with van der Waals surface area (Å²) in [5.74, 6) is 0. The summed E-state index contributed by atoms with van der Waals surface area (Å²) in [7, 11) is 0. The molecule has 0 spiro atoms. The second kappa shape index (κ2) is 6.53. The van der Waals surface area contributed by atoms with Crippen LogP contribution in [0.3, 0.4) is 0 Å². The van der Waals surface area contributed by atoms with Gasteiger partial charge in [0.25, 0.3) is 0 Å². The number of aryl methyl sites for hydroxylation is 2. The molecular weight excluding hydrogens is 390 g/mol. The van der Waals surface area contributed by atoms with E-state index in [2.05, 4.69) is 4.40 Å². The fourth-order valence-electron chi connectivity index (χ4n) is 2.77. The SMILES string of the molecule is Cc1ccc(C2=NSC(c3cc(Cl)cc(Cl)c3)(C(F)(F)F)C2)cc1C. The standard InChI is InChI=1S/C18H14Cl2F3NS/c1-10-3-4-12(5-11(10)2)16-9-17(25-24-16,18(21,22)23)13-6-14(19)8-15(20)7-13/h3-8H,9H2,1-2H3. The van der Waals surface area contributed by atoms with E-state index in [1.165, 1.54) is 18.2 Å². The number of alkyl halides is 3. The van der Waals surface area contributed by atoms with E-state index in [9.17, 15) is 13.2 Å². The smallest absolute Gasteiger partial charge is 0.219 e. The molecule has 1 nitrogen and oxygen atoms in total. The summed E-state index contributed by atoms with van der Waals surface area (Å²) in [5, 5.41) is 0.345. The molecule has 25 heavy (non-hydrogen) atoms. The molecule has 1 unspecified atom stereocenters. The first-order chi connectivity index (χ1) is 11.6. The number of hydrogen-bond acceptors (Lipinski definition) is 2. The number of halogens is 5. The molecule has 0 saturated carbocycles. The normalized spacial score (nSPS) is 20.7. The molecule has 0 fully saturated rings. The summed E-state index contributed by atoms with van der Waals surface area (Å²) < 4.78 is 44.0. The van der Waals surface area contributed by atoms with Crippen molar-refractivity contribution in [3.63, 3.8) is 0 Å². The van der Waals surface area contributed by atoms with Crippen molar-refractivity contribution in [3.05, 3.63) is 68.7 Å². The molecule has 3 rings (SSSR count). The summed E-state index contributed by atoms with van der Waals surface area (Å²) in [4.78, 5) is 0. The van der Waals surface area contributed by atoms with Crippen LogP contribution in [0.5, 0.6) is 0 Å². The number of hydrogen-bond donors (Lipinski definition) is 0. The van der Waals surface area contributed by atoms with Gasteiger partial charge in [-0.05, 0) is 72.3 Å². The number of rotatable bonds is 2. The molecule has 1 aliphatic rings. The zero-order valence-electron chi connectivity index (χ0n) is 13.4. The van der Waals surface area contributed by atoms with Gasteiger partial charge in [0, 0.05) is 16.5 Å². The van der Waals surface area contributed by atoms with Crippen molar-refractivity contribution in [2.45, 2.75) is 31.2 Å². The monoisotopic (exact) mass is 403 g/mol. The van der Waals surface area contributed by atoms with E-state index in [1.807, 2.05) is 26.0 Å². The van der Waals surface area contributed by atoms with E-state index in [0.717, 1.165) is 11.1 Å². The molecule has 2 aromatic rings. The third-order valence-corrected chi connectivity index (χ3v) is 6.03. The third-order valence-electron chi connectivity index (χ3n) is 4.35. The second-order valence-corrected chi connectivity index (χ2v) is 8.02. The highest BCUT2D eigenvalue weighted by Gasteiger charge is 2.60. The Morgan fingerprint density at radius 3 is 2.20 bits per heavy atom. The van der Waals surface area contributed by atoms with Crippen molar-refractivity contribution in [1.29, 1.82) is 0 Å². The summed E-state index contributed by atoms with van der Waals surface area (Å²) in [6, 6.07) is 9.61. The predicted molar refractivity (Wildman–Crippen MR) is 98.9 cm³/mol. The van der Waals surface area contributed by atoms with Crippen molar-refractivity contribution in [2.75, 3.05) is 0 Å². The molecule has 0 radical (unpaired) electrons. The lowest BCUT2D eigenvalue weighted by Gasteiger charge is -2.30. The van der Waals surface area contributed by atoms with Crippen LogP contribution in [-0.2, 0) is 4.75 Å². The van der Waals surface area contributed by atoms with E-state index in [1.54, 1.807) is 6.07 Å². The van der Waals surface area contributed by atoms with Crippen LogP contribution in [0.2, 0.25) is 10.0 Å². The molecular formula is C18H14Cl2F3NS. The highest BCUT2D eigenvalue weighted by atomic mass is 35.5. The summed E-state index contributed by atoms with van der Waals surface area (Å²) >= 11 is 12.4. The Hall–Kier alpha value is -1.17. The Balaban J connectivity index is 2.04. The van der Waals surface area contributed by atoms with Gasteiger partial charge in [0.05, 0.1) is 5.71 Å². The molecule has 7 heteroatoms. The van der Waals surface area contributed by atoms with Crippen LogP contribution in [0.15, 0.2) is 40.8 Å². The Labute approximate surface area is 158 Å².